The number of carbonyl (C=O) groups is 2. The molecule has 1 aromatic rings. The van der Waals surface area contributed by atoms with Crippen LogP contribution < -0.4 is 5.32 Å². The number of hydrogen-bond donors (Lipinski definition) is 1. The normalized spacial score (nSPS) is 20.2. The Bertz CT molecular complexity index is 613. The number of carbonyl (C=O) groups excluding carboxylic acids is 2. The van der Waals surface area contributed by atoms with Gasteiger partial charge in [0.1, 0.15) is 12.7 Å². The minimum atomic E-state index is -0.752. The van der Waals surface area contributed by atoms with Gasteiger partial charge in [0.05, 0.1) is 19.8 Å². The fourth-order valence-electron chi connectivity index (χ4n) is 2.31. The summed E-state index contributed by atoms with van der Waals surface area (Å²) < 4.78 is 21.0. The topological polar surface area (TPSA) is 83.1 Å². The second-order valence-electron chi connectivity index (χ2n) is 5.98. The molecule has 0 aliphatic carbocycles. The van der Waals surface area contributed by atoms with Crippen LogP contribution in [-0.2, 0) is 30.3 Å². The molecule has 7 heteroatoms. The van der Waals surface area contributed by atoms with Gasteiger partial charge in [0.15, 0.2) is 5.79 Å². The Hall–Kier alpha value is -2.38. The van der Waals surface area contributed by atoms with E-state index in [0.29, 0.717) is 0 Å². The Balaban J connectivity index is 1.96. The van der Waals surface area contributed by atoms with E-state index in [4.69, 9.17) is 14.2 Å². The first-order valence-corrected chi connectivity index (χ1v) is 7.95. The summed E-state index contributed by atoms with van der Waals surface area (Å²) in [7, 11) is 1.28. The molecule has 2 rings (SSSR count). The van der Waals surface area contributed by atoms with Gasteiger partial charge in [0.25, 0.3) is 0 Å². The van der Waals surface area contributed by atoms with E-state index >= 15 is 0 Å². The van der Waals surface area contributed by atoms with Crippen molar-refractivity contribution in [2.45, 2.75) is 38.4 Å². The number of alkyl carbamates (subject to hydrolysis) is 1. The third-order valence-corrected chi connectivity index (χ3v) is 3.57. The van der Waals surface area contributed by atoms with Crippen LogP contribution in [0.3, 0.4) is 0 Å². The standard InChI is InChI=1S/C18H23NO6/c1-18(2)24-12-15(25-18)14(9-10-16(20)22-3)19-17(21)23-11-13-7-5-4-6-8-13/h4-10,14-15H,11-12H2,1-3H3,(H,19,21)/b10-9+/t14-,15-/m0/s1. The van der Waals surface area contributed by atoms with Crippen LogP contribution in [-0.4, -0.2) is 43.7 Å². The maximum Gasteiger partial charge on any atom is 0.408 e. The molecule has 1 N–H and O–H groups in total. The molecule has 136 valence electrons. The number of amides is 1. The molecule has 1 aromatic carbocycles. The summed E-state index contributed by atoms with van der Waals surface area (Å²) in [6.07, 6.45) is 1.68. The zero-order valence-electron chi connectivity index (χ0n) is 14.6. The van der Waals surface area contributed by atoms with Crippen LogP contribution in [0.15, 0.2) is 42.5 Å². The van der Waals surface area contributed by atoms with E-state index in [1.165, 1.54) is 19.3 Å². The lowest BCUT2D eigenvalue weighted by Crippen LogP contribution is -2.44. The van der Waals surface area contributed by atoms with E-state index in [1.54, 1.807) is 13.8 Å². The number of nitrogens with one attached hydrogen (secondary N) is 1. The number of benzene rings is 1. The Morgan fingerprint density at radius 1 is 1.36 bits per heavy atom. The first kappa shape index (κ1) is 19.0. The van der Waals surface area contributed by atoms with Gasteiger partial charge in [-0.2, -0.15) is 0 Å². The molecular weight excluding hydrogens is 326 g/mol. The van der Waals surface area contributed by atoms with Crippen LogP contribution in [0.4, 0.5) is 4.79 Å². The molecule has 1 aliphatic heterocycles. The van der Waals surface area contributed by atoms with Gasteiger partial charge in [-0.1, -0.05) is 36.4 Å². The van der Waals surface area contributed by atoms with E-state index < -0.39 is 30.0 Å². The van der Waals surface area contributed by atoms with Crippen molar-refractivity contribution in [2.24, 2.45) is 0 Å². The molecule has 1 fully saturated rings. The SMILES string of the molecule is COC(=O)/C=C/[C@H](NC(=O)OCc1ccccc1)[C@@H]1COC(C)(C)O1. The first-order valence-electron chi connectivity index (χ1n) is 7.95. The highest BCUT2D eigenvalue weighted by molar-refractivity contribution is 5.82. The van der Waals surface area contributed by atoms with E-state index in [2.05, 4.69) is 10.1 Å². The van der Waals surface area contributed by atoms with Crippen LogP contribution in [0, 0.1) is 0 Å². The summed E-state index contributed by atoms with van der Waals surface area (Å²) >= 11 is 0. The van der Waals surface area contributed by atoms with E-state index in [1.807, 2.05) is 30.3 Å². The minimum Gasteiger partial charge on any atom is -0.466 e. The molecule has 2 atom stereocenters. The zero-order chi connectivity index (χ0) is 18.3. The number of rotatable bonds is 6. The molecule has 0 aromatic heterocycles. The molecular formula is C18H23NO6. The lowest BCUT2D eigenvalue weighted by Gasteiger charge is -2.22. The van der Waals surface area contributed by atoms with Gasteiger partial charge in [-0.3, -0.25) is 0 Å². The van der Waals surface area contributed by atoms with Crippen molar-refractivity contribution < 1.29 is 28.5 Å². The van der Waals surface area contributed by atoms with Crippen LogP contribution in [0.25, 0.3) is 0 Å². The van der Waals surface area contributed by atoms with Crippen molar-refractivity contribution in [2.75, 3.05) is 13.7 Å². The molecule has 0 unspecified atom stereocenters. The predicted octanol–water partition coefficient (Wildman–Crippen LogP) is 2.16. The van der Waals surface area contributed by atoms with Gasteiger partial charge in [0.2, 0.25) is 0 Å². The van der Waals surface area contributed by atoms with Crippen LogP contribution in [0.5, 0.6) is 0 Å². The minimum absolute atomic E-state index is 0.146. The molecule has 25 heavy (non-hydrogen) atoms. The maximum atomic E-state index is 12.1. The average Bonchev–Trinajstić information content (AvgIpc) is 2.97. The molecule has 1 amide bonds. The van der Waals surface area contributed by atoms with Crippen molar-refractivity contribution in [3.63, 3.8) is 0 Å². The molecule has 0 saturated carbocycles. The fourth-order valence-corrected chi connectivity index (χ4v) is 2.31. The Morgan fingerprint density at radius 2 is 2.08 bits per heavy atom. The van der Waals surface area contributed by atoms with E-state index in [0.717, 1.165) is 5.56 Å². The van der Waals surface area contributed by atoms with Crippen LogP contribution in [0.2, 0.25) is 0 Å². The Labute approximate surface area is 146 Å². The van der Waals surface area contributed by atoms with E-state index in [9.17, 15) is 9.59 Å². The molecule has 0 bridgehead atoms. The van der Waals surface area contributed by atoms with Gasteiger partial charge < -0.3 is 24.3 Å². The summed E-state index contributed by atoms with van der Waals surface area (Å²) in [4.78, 5) is 23.4. The van der Waals surface area contributed by atoms with Crippen molar-refractivity contribution in [3.8, 4) is 0 Å². The summed E-state index contributed by atoms with van der Waals surface area (Å²) in [6.45, 7) is 3.99. The molecule has 0 radical (unpaired) electrons. The quantitative estimate of drug-likeness (QED) is 0.626. The molecule has 1 heterocycles. The third kappa shape index (κ3) is 6.21. The number of methoxy groups -OCH3 is 1. The zero-order valence-corrected chi connectivity index (χ0v) is 14.6. The van der Waals surface area contributed by atoms with Crippen molar-refractivity contribution >= 4 is 12.1 Å². The summed E-state index contributed by atoms with van der Waals surface area (Å²) in [5.74, 6) is -1.28. The number of esters is 1. The van der Waals surface area contributed by atoms with Crippen molar-refractivity contribution in [3.05, 3.63) is 48.0 Å². The molecule has 7 nitrogen and oxygen atoms in total. The molecule has 0 spiro atoms. The highest BCUT2D eigenvalue weighted by Gasteiger charge is 2.37. The average molecular weight is 349 g/mol. The largest absolute Gasteiger partial charge is 0.466 e. The Kier molecular flexibility index (Phi) is 6.55. The number of ether oxygens (including phenoxy) is 4. The van der Waals surface area contributed by atoms with Gasteiger partial charge in [-0.15, -0.1) is 0 Å². The summed E-state index contributed by atoms with van der Waals surface area (Å²) in [5, 5.41) is 2.69. The van der Waals surface area contributed by atoms with E-state index in [-0.39, 0.29) is 13.2 Å². The monoisotopic (exact) mass is 349 g/mol. The third-order valence-electron chi connectivity index (χ3n) is 3.57. The predicted molar refractivity (Wildman–Crippen MR) is 89.6 cm³/mol. The summed E-state index contributed by atoms with van der Waals surface area (Å²) in [6, 6.07) is 8.74. The summed E-state index contributed by atoms with van der Waals surface area (Å²) in [5.41, 5.74) is 0.876. The highest BCUT2D eigenvalue weighted by atomic mass is 16.7. The van der Waals surface area contributed by atoms with Gasteiger partial charge >= 0.3 is 12.1 Å². The Morgan fingerprint density at radius 3 is 2.68 bits per heavy atom. The smallest absolute Gasteiger partial charge is 0.408 e. The van der Waals surface area contributed by atoms with Crippen molar-refractivity contribution in [1.29, 1.82) is 0 Å². The second-order valence-corrected chi connectivity index (χ2v) is 5.98. The lowest BCUT2D eigenvalue weighted by molar-refractivity contribution is -0.140. The number of hydrogen-bond acceptors (Lipinski definition) is 6. The second kappa shape index (κ2) is 8.64. The van der Waals surface area contributed by atoms with Gasteiger partial charge in [-0.25, -0.2) is 9.59 Å². The molecule has 1 saturated heterocycles. The lowest BCUT2D eigenvalue weighted by atomic mass is 10.1. The molecule has 1 aliphatic rings. The highest BCUT2D eigenvalue weighted by Crippen LogP contribution is 2.24. The maximum absolute atomic E-state index is 12.1. The first-order chi connectivity index (χ1) is 11.9. The van der Waals surface area contributed by atoms with Gasteiger partial charge in [-0.05, 0) is 19.4 Å². The van der Waals surface area contributed by atoms with Crippen LogP contribution in [0.1, 0.15) is 19.4 Å². The van der Waals surface area contributed by atoms with Crippen LogP contribution >= 0.6 is 0 Å². The van der Waals surface area contributed by atoms with Gasteiger partial charge in [0, 0.05) is 6.08 Å². The van der Waals surface area contributed by atoms with Crippen molar-refractivity contribution in [1.82, 2.24) is 5.32 Å². The fraction of sp³-hybridized carbons (Fsp3) is 0.444.